The third-order valence-electron chi connectivity index (χ3n) is 2.66. The van der Waals surface area contributed by atoms with Gasteiger partial charge in [-0.05, 0) is 38.2 Å². The van der Waals surface area contributed by atoms with Crippen LogP contribution in [0.3, 0.4) is 0 Å². The van der Waals surface area contributed by atoms with Crippen LogP contribution in [0.2, 0.25) is 0 Å². The molecule has 0 saturated carbocycles. The van der Waals surface area contributed by atoms with Crippen LogP contribution in [-0.2, 0) is 4.79 Å². The van der Waals surface area contributed by atoms with Crippen LogP contribution in [0.15, 0.2) is 12.7 Å². The fraction of sp³-hybridized carbons (Fsp3) is 0.750. The van der Waals surface area contributed by atoms with Crippen LogP contribution in [0, 0.1) is 5.92 Å². The summed E-state index contributed by atoms with van der Waals surface area (Å²) in [7, 11) is 0. The van der Waals surface area contributed by atoms with Gasteiger partial charge in [0.15, 0.2) is 0 Å². The molecule has 0 aliphatic rings. The molecule has 0 aromatic heterocycles. The summed E-state index contributed by atoms with van der Waals surface area (Å²) >= 11 is 0. The highest BCUT2D eigenvalue weighted by molar-refractivity contribution is 5.87. The molecule has 0 aliphatic heterocycles. The Labute approximate surface area is 87.8 Å². The lowest BCUT2D eigenvalue weighted by Gasteiger charge is -2.30. The molecule has 1 amide bonds. The molecule has 2 nitrogen and oxygen atoms in total. The Balaban J connectivity index is 4.17. The zero-order chi connectivity index (χ0) is 11.2. The van der Waals surface area contributed by atoms with Gasteiger partial charge < -0.3 is 5.32 Å². The summed E-state index contributed by atoms with van der Waals surface area (Å²) in [6, 6.07) is 0. The highest BCUT2D eigenvalue weighted by Gasteiger charge is 2.22. The van der Waals surface area contributed by atoms with Crippen LogP contribution < -0.4 is 5.32 Å². The monoisotopic (exact) mass is 197 g/mol. The lowest BCUT2D eigenvalue weighted by Crippen LogP contribution is -2.44. The van der Waals surface area contributed by atoms with Gasteiger partial charge in [-0.3, -0.25) is 4.79 Å². The predicted molar refractivity (Wildman–Crippen MR) is 61.1 cm³/mol. The molecule has 82 valence electrons. The van der Waals surface area contributed by atoms with E-state index in [9.17, 15) is 4.79 Å². The Morgan fingerprint density at radius 2 is 2.14 bits per heavy atom. The zero-order valence-electron chi connectivity index (χ0n) is 9.89. The lowest BCUT2D eigenvalue weighted by atomic mass is 9.89. The molecule has 1 unspecified atom stereocenters. The van der Waals surface area contributed by atoms with Gasteiger partial charge in [-0.15, -0.1) is 0 Å². The van der Waals surface area contributed by atoms with Gasteiger partial charge in [-0.25, -0.2) is 0 Å². The van der Waals surface area contributed by atoms with E-state index in [0.717, 1.165) is 19.3 Å². The van der Waals surface area contributed by atoms with E-state index < -0.39 is 0 Å². The molecule has 0 heterocycles. The van der Waals surface area contributed by atoms with Crippen molar-refractivity contribution in [2.45, 2.75) is 52.5 Å². The molecule has 0 rings (SSSR count). The quantitative estimate of drug-likeness (QED) is 0.652. The summed E-state index contributed by atoms with van der Waals surface area (Å²) in [5.74, 6) is 0.611. The van der Waals surface area contributed by atoms with Crippen LogP contribution in [0.1, 0.15) is 47.0 Å². The first-order valence-corrected chi connectivity index (χ1v) is 5.38. The van der Waals surface area contributed by atoms with Gasteiger partial charge >= 0.3 is 0 Å². The number of hydrogen-bond acceptors (Lipinski definition) is 1. The van der Waals surface area contributed by atoms with Crippen molar-refractivity contribution in [1.29, 1.82) is 0 Å². The largest absolute Gasteiger partial charge is 0.347 e. The van der Waals surface area contributed by atoms with Crippen molar-refractivity contribution in [3.63, 3.8) is 0 Å². The maximum absolute atomic E-state index is 11.2. The van der Waals surface area contributed by atoms with Gasteiger partial charge in [-0.2, -0.15) is 0 Å². The van der Waals surface area contributed by atoms with Crippen LogP contribution >= 0.6 is 0 Å². The fourth-order valence-electron chi connectivity index (χ4n) is 1.28. The molecule has 0 spiro atoms. The van der Waals surface area contributed by atoms with Crippen molar-refractivity contribution < 1.29 is 4.79 Å². The molecule has 0 aromatic rings. The van der Waals surface area contributed by atoms with Crippen molar-refractivity contribution >= 4 is 5.91 Å². The van der Waals surface area contributed by atoms with E-state index in [4.69, 9.17) is 0 Å². The first-order valence-electron chi connectivity index (χ1n) is 5.38. The van der Waals surface area contributed by atoms with E-state index in [1.807, 2.05) is 0 Å². The average molecular weight is 197 g/mol. The molecular formula is C12H23NO. The van der Waals surface area contributed by atoms with E-state index in [1.54, 1.807) is 0 Å². The van der Waals surface area contributed by atoms with Gasteiger partial charge in [0.05, 0.1) is 0 Å². The molecule has 0 bridgehead atoms. The minimum Gasteiger partial charge on any atom is -0.347 e. The van der Waals surface area contributed by atoms with E-state index in [2.05, 4.69) is 39.6 Å². The zero-order valence-corrected chi connectivity index (χ0v) is 9.89. The normalized spacial score (nSPS) is 14.9. The van der Waals surface area contributed by atoms with Gasteiger partial charge in [0.1, 0.15) is 0 Å². The summed E-state index contributed by atoms with van der Waals surface area (Å²) in [6.07, 6.45) is 4.46. The standard InChI is InChI=1S/C12H23NO/c1-6-11(14)13-12(5,7-2)9-8-10(3)4/h6,10H,1,7-9H2,2-5H3,(H,13,14). The van der Waals surface area contributed by atoms with Crippen molar-refractivity contribution in [3.05, 3.63) is 12.7 Å². The third-order valence-corrected chi connectivity index (χ3v) is 2.66. The van der Waals surface area contributed by atoms with Crippen molar-refractivity contribution in [2.75, 3.05) is 0 Å². The number of carbonyl (C=O) groups excluding carboxylic acids is 1. The van der Waals surface area contributed by atoms with E-state index in [0.29, 0.717) is 5.92 Å². The highest BCUT2D eigenvalue weighted by atomic mass is 16.1. The molecule has 0 fully saturated rings. The van der Waals surface area contributed by atoms with Gasteiger partial charge in [-0.1, -0.05) is 27.4 Å². The van der Waals surface area contributed by atoms with E-state index >= 15 is 0 Å². The van der Waals surface area contributed by atoms with Crippen molar-refractivity contribution in [1.82, 2.24) is 5.32 Å². The number of amides is 1. The topological polar surface area (TPSA) is 29.1 Å². The Morgan fingerprint density at radius 1 is 1.57 bits per heavy atom. The molecule has 0 radical (unpaired) electrons. The molecule has 2 heteroatoms. The summed E-state index contributed by atoms with van der Waals surface area (Å²) in [4.78, 5) is 11.2. The van der Waals surface area contributed by atoms with Crippen LogP contribution in [0.5, 0.6) is 0 Å². The Bertz CT molecular complexity index is 198. The summed E-state index contributed by atoms with van der Waals surface area (Å²) in [6.45, 7) is 12.1. The fourth-order valence-corrected chi connectivity index (χ4v) is 1.28. The van der Waals surface area contributed by atoms with Crippen LogP contribution in [0.25, 0.3) is 0 Å². The smallest absolute Gasteiger partial charge is 0.243 e. The number of rotatable bonds is 6. The van der Waals surface area contributed by atoms with E-state index in [1.165, 1.54) is 6.08 Å². The molecule has 0 aromatic carbocycles. The maximum Gasteiger partial charge on any atom is 0.243 e. The van der Waals surface area contributed by atoms with Crippen LogP contribution in [0.4, 0.5) is 0 Å². The minimum absolute atomic E-state index is 0.0712. The van der Waals surface area contributed by atoms with Gasteiger partial charge in [0.25, 0.3) is 0 Å². The summed E-state index contributed by atoms with van der Waals surface area (Å²) in [5, 5.41) is 2.99. The molecule has 0 aliphatic carbocycles. The number of nitrogens with one attached hydrogen (secondary N) is 1. The second-order valence-corrected chi connectivity index (χ2v) is 4.54. The van der Waals surface area contributed by atoms with Crippen molar-refractivity contribution in [3.8, 4) is 0 Å². The third kappa shape index (κ3) is 5.05. The molecule has 0 saturated heterocycles. The predicted octanol–water partition coefficient (Wildman–Crippen LogP) is 2.89. The highest BCUT2D eigenvalue weighted by Crippen LogP contribution is 2.19. The SMILES string of the molecule is C=CC(=O)NC(C)(CC)CCC(C)C. The first-order chi connectivity index (χ1) is 6.43. The van der Waals surface area contributed by atoms with E-state index in [-0.39, 0.29) is 11.4 Å². The number of hydrogen-bond donors (Lipinski definition) is 1. The minimum atomic E-state index is -0.0739. The molecule has 1 N–H and O–H groups in total. The van der Waals surface area contributed by atoms with Crippen molar-refractivity contribution in [2.24, 2.45) is 5.92 Å². The molecular weight excluding hydrogens is 174 g/mol. The Morgan fingerprint density at radius 3 is 2.50 bits per heavy atom. The average Bonchev–Trinajstić information content (AvgIpc) is 2.14. The lowest BCUT2D eigenvalue weighted by molar-refractivity contribution is -0.118. The summed E-state index contributed by atoms with van der Waals surface area (Å²) in [5.41, 5.74) is -0.0739. The van der Waals surface area contributed by atoms with Gasteiger partial charge in [0, 0.05) is 5.54 Å². The second-order valence-electron chi connectivity index (χ2n) is 4.54. The van der Waals surface area contributed by atoms with Gasteiger partial charge in [0.2, 0.25) is 5.91 Å². The second kappa shape index (κ2) is 5.84. The van der Waals surface area contributed by atoms with Crippen LogP contribution in [-0.4, -0.2) is 11.4 Å². The molecule has 14 heavy (non-hydrogen) atoms. The Hall–Kier alpha value is -0.790. The first kappa shape index (κ1) is 13.2. The summed E-state index contributed by atoms with van der Waals surface area (Å²) < 4.78 is 0. The maximum atomic E-state index is 11.2. The Kier molecular flexibility index (Phi) is 5.51. The molecule has 1 atom stereocenters. The number of carbonyl (C=O) groups is 1.